The van der Waals surface area contributed by atoms with E-state index in [-0.39, 0.29) is 12.5 Å². The van der Waals surface area contributed by atoms with E-state index in [1.807, 2.05) is 4.90 Å². The maximum absolute atomic E-state index is 12.5. The molecule has 0 unspecified atom stereocenters. The second-order valence-electron chi connectivity index (χ2n) is 7.29. The Bertz CT molecular complexity index is 1030. The van der Waals surface area contributed by atoms with E-state index < -0.39 is 0 Å². The van der Waals surface area contributed by atoms with Gasteiger partial charge < -0.3 is 14.5 Å². The van der Waals surface area contributed by atoms with E-state index in [4.69, 9.17) is 21.3 Å². The Morgan fingerprint density at radius 1 is 1.14 bits per heavy atom. The van der Waals surface area contributed by atoms with Gasteiger partial charge in [-0.15, -0.1) is 0 Å². The Morgan fingerprint density at radius 3 is 2.62 bits per heavy atom. The molecule has 0 N–H and O–H groups in total. The molecule has 150 valence electrons. The first kappa shape index (κ1) is 18.6. The quantitative estimate of drug-likeness (QED) is 0.619. The maximum Gasteiger partial charge on any atom is 0.260 e. The Kier molecular flexibility index (Phi) is 4.97. The van der Waals surface area contributed by atoms with Gasteiger partial charge in [0.15, 0.2) is 12.4 Å². The topological polar surface area (TPSA) is 71.5 Å². The van der Waals surface area contributed by atoms with E-state index in [1.165, 1.54) is 17.8 Å². The predicted octanol–water partition coefficient (Wildman–Crippen LogP) is 3.34. The summed E-state index contributed by atoms with van der Waals surface area (Å²) in [6.45, 7) is 2.72. The Labute approximate surface area is 177 Å². The summed E-state index contributed by atoms with van der Waals surface area (Å²) in [7, 11) is 0. The smallest absolute Gasteiger partial charge is 0.260 e. The van der Waals surface area contributed by atoms with Gasteiger partial charge in [0.2, 0.25) is 0 Å². The highest BCUT2D eigenvalue weighted by Crippen LogP contribution is 2.43. The van der Waals surface area contributed by atoms with Crippen LogP contribution in [0.1, 0.15) is 23.8 Å². The van der Waals surface area contributed by atoms with Crippen LogP contribution in [-0.4, -0.2) is 58.5 Å². The number of hydrogen-bond acceptors (Lipinski definition) is 7. The van der Waals surface area contributed by atoms with Gasteiger partial charge in [-0.1, -0.05) is 22.9 Å². The van der Waals surface area contributed by atoms with Crippen LogP contribution in [0.5, 0.6) is 5.75 Å². The molecule has 7 nitrogen and oxygen atoms in total. The van der Waals surface area contributed by atoms with Crippen LogP contribution in [0.3, 0.4) is 0 Å². The van der Waals surface area contributed by atoms with Crippen molar-refractivity contribution in [2.75, 3.05) is 37.7 Å². The first-order valence-electron chi connectivity index (χ1n) is 9.70. The lowest BCUT2D eigenvalue weighted by molar-refractivity contribution is -0.133. The minimum atomic E-state index is -0.0166. The third-order valence-corrected chi connectivity index (χ3v) is 6.60. The SMILES string of the molecule is O=C(COc1ccc(Cl)cc1)N1CCN(c2ncnc3sc(C4CC4)nc23)CC1. The molecule has 3 heterocycles. The van der Waals surface area contributed by atoms with Gasteiger partial charge >= 0.3 is 0 Å². The predicted molar refractivity (Wildman–Crippen MR) is 113 cm³/mol. The van der Waals surface area contributed by atoms with Gasteiger partial charge in [0.05, 0.1) is 5.01 Å². The van der Waals surface area contributed by atoms with Gasteiger partial charge in [0.25, 0.3) is 5.91 Å². The normalized spacial score (nSPS) is 17.0. The number of fused-ring (bicyclic) bond motifs is 1. The van der Waals surface area contributed by atoms with Crippen molar-refractivity contribution in [3.63, 3.8) is 0 Å². The summed E-state index contributed by atoms with van der Waals surface area (Å²) in [4.78, 5) is 31.2. The highest BCUT2D eigenvalue weighted by molar-refractivity contribution is 7.18. The molecule has 2 aliphatic rings. The number of piperazine rings is 1. The highest BCUT2D eigenvalue weighted by Gasteiger charge is 2.29. The molecule has 1 aliphatic carbocycles. The van der Waals surface area contributed by atoms with E-state index in [0.29, 0.717) is 29.8 Å². The lowest BCUT2D eigenvalue weighted by atomic mass is 10.3. The van der Waals surface area contributed by atoms with E-state index in [1.54, 1.807) is 41.9 Å². The summed E-state index contributed by atoms with van der Waals surface area (Å²) in [5.41, 5.74) is 0.894. The molecule has 9 heteroatoms. The Balaban J connectivity index is 1.20. The van der Waals surface area contributed by atoms with E-state index in [0.717, 1.165) is 29.3 Å². The zero-order chi connectivity index (χ0) is 19.8. The molecule has 2 aromatic heterocycles. The number of anilines is 1. The van der Waals surface area contributed by atoms with Crippen LogP contribution >= 0.6 is 22.9 Å². The van der Waals surface area contributed by atoms with Gasteiger partial charge in [-0.05, 0) is 37.1 Å². The van der Waals surface area contributed by atoms with Crippen molar-refractivity contribution in [1.82, 2.24) is 19.9 Å². The van der Waals surface area contributed by atoms with Crippen molar-refractivity contribution in [1.29, 1.82) is 0 Å². The van der Waals surface area contributed by atoms with Crippen molar-refractivity contribution >= 4 is 45.0 Å². The monoisotopic (exact) mass is 429 g/mol. The number of benzene rings is 1. The van der Waals surface area contributed by atoms with Crippen molar-refractivity contribution < 1.29 is 9.53 Å². The third-order valence-electron chi connectivity index (χ3n) is 5.23. The molecule has 0 atom stereocenters. The lowest BCUT2D eigenvalue weighted by Gasteiger charge is -2.35. The molecule has 5 rings (SSSR count). The molecule has 1 saturated carbocycles. The molecule has 1 aromatic carbocycles. The van der Waals surface area contributed by atoms with Gasteiger partial charge in [-0.2, -0.15) is 0 Å². The molecular formula is C20H20ClN5O2S. The van der Waals surface area contributed by atoms with Crippen LogP contribution in [0.25, 0.3) is 10.3 Å². The summed E-state index contributed by atoms with van der Waals surface area (Å²) >= 11 is 7.55. The van der Waals surface area contributed by atoms with Crippen LogP contribution in [0.15, 0.2) is 30.6 Å². The largest absolute Gasteiger partial charge is 0.484 e. The van der Waals surface area contributed by atoms with Crippen LogP contribution < -0.4 is 9.64 Å². The van der Waals surface area contributed by atoms with Gasteiger partial charge in [-0.25, -0.2) is 15.0 Å². The number of carbonyl (C=O) groups is 1. The molecule has 1 aliphatic heterocycles. The third kappa shape index (κ3) is 4.00. The second-order valence-corrected chi connectivity index (χ2v) is 8.73. The molecule has 0 radical (unpaired) electrons. The number of ether oxygens (including phenoxy) is 1. The fourth-order valence-corrected chi connectivity index (χ4v) is 4.63. The fourth-order valence-electron chi connectivity index (χ4n) is 3.43. The van der Waals surface area contributed by atoms with Crippen LogP contribution in [0.4, 0.5) is 5.82 Å². The fraction of sp³-hybridized carbons (Fsp3) is 0.400. The number of nitrogens with zero attached hydrogens (tertiary/aromatic N) is 5. The summed E-state index contributed by atoms with van der Waals surface area (Å²) in [6, 6.07) is 7.01. The zero-order valence-corrected chi connectivity index (χ0v) is 17.3. The van der Waals surface area contributed by atoms with Crippen LogP contribution in [0.2, 0.25) is 5.02 Å². The first-order chi connectivity index (χ1) is 14.2. The van der Waals surface area contributed by atoms with E-state index in [9.17, 15) is 4.79 Å². The number of halogens is 1. The lowest BCUT2D eigenvalue weighted by Crippen LogP contribution is -2.50. The minimum Gasteiger partial charge on any atom is -0.484 e. The maximum atomic E-state index is 12.5. The number of rotatable bonds is 5. The minimum absolute atomic E-state index is 0.0166. The summed E-state index contributed by atoms with van der Waals surface area (Å²) in [5, 5.41) is 1.82. The molecular weight excluding hydrogens is 410 g/mol. The molecule has 29 heavy (non-hydrogen) atoms. The van der Waals surface area contributed by atoms with Crippen molar-refractivity contribution in [3.05, 3.63) is 40.6 Å². The van der Waals surface area contributed by atoms with Crippen molar-refractivity contribution in [2.24, 2.45) is 0 Å². The number of hydrogen-bond donors (Lipinski definition) is 0. The number of amides is 1. The van der Waals surface area contributed by atoms with Gasteiger partial charge in [0.1, 0.15) is 22.4 Å². The van der Waals surface area contributed by atoms with Gasteiger partial charge in [-0.3, -0.25) is 4.79 Å². The average Bonchev–Trinajstić information content (AvgIpc) is 3.51. The summed E-state index contributed by atoms with van der Waals surface area (Å²) in [6.07, 6.45) is 4.06. The van der Waals surface area contributed by atoms with Crippen LogP contribution in [-0.2, 0) is 4.79 Å². The highest BCUT2D eigenvalue weighted by atomic mass is 35.5. The Hall–Kier alpha value is -2.45. The molecule has 2 fully saturated rings. The molecule has 1 amide bonds. The first-order valence-corrected chi connectivity index (χ1v) is 10.9. The molecule has 3 aromatic rings. The number of carbonyl (C=O) groups excluding carboxylic acids is 1. The number of thiazole rings is 1. The Morgan fingerprint density at radius 2 is 1.90 bits per heavy atom. The zero-order valence-electron chi connectivity index (χ0n) is 15.8. The average molecular weight is 430 g/mol. The second kappa shape index (κ2) is 7.76. The molecule has 0 spiro atoms. The number of aromatic nitrogens is 3. The molecule has 1 saturated heterocycles. The standard InChI is InChI=1S/C20H20ClN5O2S/c21-14-3-5-15(6-4-14)28-11-16(27)25-7-9-26(10-8-25)18-17-20(23-12-22-18)29-19(24-17)13-1-2-13/h3-6,12-13H,1-2,7-11H2. The van der Waals surface area contributed by atoms with E-state index >= 15 is 0 Å². The van der Waals surface area contributed by atoms with Gasteiger partial charge in [0, 0.05) is 37.1 Å². The summed E-state index contributed by atoms with van der Waals surface area (Å²) in [5.74, 6) is 2.11. The van der Waals surface area contributed by atoms with Crippen molar-refractivity contribution in [2.45, 2.75) is 18.8 Å². The van der Waals surface area contributed by atoms with Crippen LogP contribution in [0, 0.1) is 0 Å². The molecule has 0 bridgehead atoms. The van der Waals surface area contributed by atoms with Crippen molar-refractivity contribution in [3.8, 4) is 5.75 Å². The summed E-state index contributed by atoms with van der Waals surface area (Å²) < 4.78 is 5.58. The van der Waals surface area contributed by atoms with E-state index in [2.05, 4.69) is 14.9 Å².